The Labute approximate surface area is 195 Å². The van der Waals surface area contributed by atoms with Crippen LogP contribution in [0.15, 0.2) is 17.3 Å². The summed E-state index contributed by atoms with van der Waals surface area (Å²) in [5, 5.41) is 2.91. The van der Waals surface area contributed by atoms with Crippen LogP contribution < -0.4 is 10.1 Å². The molecule has 0 radical (unpaired) electrons. The van der Waals surface area contributed by atoms with Crippen LogP contribution in [0.1, 0.15) is 25.3 Å². The molecule has 7 nitrogen and oxygen atoms in total. The standard InChI is InChI=1S/C18H24ClF3N4O3.HI/c1-3-28-16(27)12-4-7-26(8-5-12)17(23-2)24-6-9-29-15-14(19)10-13(11-25-15)18(20,21)22;/h10-12H,3-9H2,1-2H3,(H,23,24);1H. The van der Waals surface area contributed by atoms with Gasteiger partial charge in [-0.3, -0.25) is 9.79 Å². The number of hydrogen-bond donors (Lipinski definition) is 1. The molecule has 1 aromatic heterocycles. The lowest BCUT2D eigenvalue weighted by atomic mass is 9.97. The van der Waals surface area contributed by atoms with Gasteiger partial charge in [0.2, 0.25) is 5.88 Å². The number of rotatable bonds is 6. The van der Waals surface area contributed by atoms with Gasteiger partial charge in [0.25, 0.3) is 0 Å². The first kappa shape index (κ1) is 26.5. The van der Waals surface area contributed by atoms with Crippen LogP contribution in [-0.2, 0) is 15.7 Å². The van der Waals surface area contributed by atoms with Crippen molar-refractivity contribution >= 4 is 47.5 Å². The summed E-state index contributed by atoms with van der Waals surface area (Å²) in [6, 6.07) is 0.782. The fraction of sp³-hybridized carbons (Fsp3) is 0.611. The van der Waals surface area contributed by atoms with Gasteiger partial charge in [0.05, 0.1) is 24.6 Å². The third-order valence-electron chi connectivity index (χ3n) is 4.38. The minimum absolute atomic E-state index is 0. The Morgan fingerprint density at radius 1 is 1.40 bits per heavy atom. The van der Waals surface area contributed by atoms with Crippen LogP contribution in [0.25, 0.3) is 0 Å². The van der Waals surface area contributed by atoms with Gasteiger partial charge in [0, 0.05) is 26.3 Å². The van der Waals surface area contributed by atoms with Gasteiger partial charge >= 0.3 is 12.1 Å². The molecular weight excluding hydrogens is 540 g/mol. The maximum absolute atomic E-state index is 12.6. The first-order chi connectivity index (χ1) is 13.8. The third kappa shape index (κ3) is 7.64. The molecule has 0 unspecified atom stereocenters. The molecule has 0 aromatic carbocycles. The normalized spacial score (nSPS) is 15.4. The molecular formula is C18H25ClF3IN4O3. The summed E-state index contributed by atoms with van der Waals surface area (Å²) in [6.45, 7) is 3.97. The number of carbonyl (C=O) groups is 1. The molecule has 0 aliphatic carbocycles. The summed E-state index contributed by atoms with van der Waals surface area (Å²) in [5.41, 5.74) is -0.931. The van der Waals surface area contributed by atoms with E-state index in [1.54, 1.807) is 14.0 Å². The number of esters is 1. The highest BCUT2D eigenvalue weighted by atomic mass is 127. The zero-order chi connectivity index (χ0) is 21.4. The Morgan fingerprint density at radius 2 is 2.07 bits per heavy atom. The number of ether oxygens (including phenoxy) is 2. The van der Waals surface area contributed by atoms with E-state index in [1.165, 1.54) is 0 Å². The Morgan fingerprint density at radius 3 is 2.60 bits per heavy atom. The first-order valence-electron chi connectivity index (χ1n) is 9.24. The van der Waals surface area contributed by atoms with E-state index in [2.05, 4.69) is 15.3 Å². The van der Waals surface area contributed by atoms with Gasteiger partial charge in [-0.1, -0.05) is 11.6 Å². The number of aliphatic imine (C=N–C) groups is 1. The molecule has 0 spiro atoms. The zero-order valence-electron chi connectivity index (χ0n) is 16.7. The number of pyridine rings is 1. The maximum Gasteiger partial charge on any atom is 0.417 e. The van der Waals surface area contributed by atoms with Crippen LogP contribution >= 0.6 is 35.6 Å². The molecule has 1 aliphatic rings. The largest absolute Gasteiger partial charge is 0.475 e. The number of nitrogens with one attached hydrogen (secondary N) is 1. The highest BCUT2D eigenvalue weighted by Crippen LogP contribution is 2.33. The first-order valence-corrected chi connectivity index (χ1v) is 9.61. The van der Waals surface area contributed by atoms with Gasteiger partial charge in [-0.2, -0.15) is 13.2 Å². The molecule has 0 atom stereocenters. The predicted octanol–water partition coefficient (Wildman–Crippen LogP) is 3.60. The van der Waals surface area contributed by atoms with Gasteiger partial charge < -0.3 is 19.7 Å². The van der Waals surface area contributed by atoms with Gasteiger partial charge in [-0.15, -0.1) is 24.0 Å². The molecule has 2 heterocycles. The molecule has 170 valence electrons. The number of halogens is 5. The average molecular weight is 565 g/mol. The molecule has 30 heavy (non-hydrogen) atoms. The van der Waals surface area contributed by atoms with Crippen LogP contribution in [0.5, 0.6) is 5.88 Å². The van der Waals surface area contributed by atoms with E-state index in [9.17, 15) is 18.0 Å². The number of guanidine groups is 1. The summed E-state index contributed by atoms with van der Waals surface area (Å²) < 4.78 is 48.3. The van der Waals surface area contributed by atoms with Gasteiger partial charge in [0.1, 0.15) is 11.6 Å². The Hall–Kier alpha value is -1.50. The molecule has 0 bridgehead atoms. The maximum atomic E-state index is 12.6. The van der Waals surface area contributed by atoms with E-state index < -0.39 is 11.7 Å². The highest BCUT2D eigenvalue weighted by Gasteiger charge is 2.32. The smallest absolute Gasteiger partial charge is 0.417 e. The van der Waals surface area contributed by atoms with Crippen molar-refractivity contribution < 1.29 is 27.4 Å². The number of carbonyl (C=O) groups excluding carboxylic acids is 1. The molecule has 12 heteroatoms. The lowest BCUT2D eigenvalue weighted by Gasteiger charge is -2.33. The summed E-state index contributed by atoms with van der Waals surface area (Å²) in [4.78, 5) is 21.7. The highest BCUT2D eigenvalue weighted by molar-refractivity contribution is 14.0. The minimum Gasteiger partial charge on any atom is -0.475 e. The Bertz CT molecular complexity index is 729. The van der Waals surface area contributed by atoms with Gasteiger partial charge in [0.15, 0.2) is 5.96 Å². The monoisotopic (exact) mass is 564 g/mol. The van der Waals surface area contributed by atoms with Crippen molar-refractivity contribution in [3.63, 3.8) is 0 Å². The second kappa shape index (κ2) is 12.4. The van der Waals surface area contributed by atoms with Crippen LogP contribution in [-0.4, -0.2) is 61.7 Å². The molecule has 2 rings (SSSR count). The van der Waals surface area contributed by atoms with Crippen molar-refractivity contribution in [2.45, 2.75) is 25.9 Å². The van der Waals surface area contributed by atoms with Crippen molar-refractivity contribution in [1.29, 1.82) is 0 Å². The predicted molar refractivity (Wildman–Crippen MR) is 117 cm³/mol. The van der Waals surface area contributed by atoms with Crippen molar-refractivity contribution in [1.82, 2.24) is 15.2 Å². The average Bonchev–Trinajstić information content (AvgIpc) is 2.68. The number of likely N-dealkylation sites (tertiary alicyclic amines) is 1. The van der Waals surface area contributed by atoms with E-state index in [-0.39, 0.29) is 53.4 Å². The van der Waals surface area contributed by atoms with Gasteiger partial charge in [-0.05, 0) is 25.8 Å². The Kier molecular flexibility index (Phi) is 10.9. The third-order valence-corrected chi connectivity index (χ3v) is 4.66. The van der Waals surface area contributed by atoms with E-state index >= 15 is 0 Å². The quantitative estimate of drug-likeness (QED) is 0.187. The van der Waals surface area contributed by atoms with Crippen LogP contribution in [0.4, 0.5) is 13.2 Å². The number of nitrogens with zero attached hydrogens (tertiary/aromatic N) is 3. The molecule has 0 amide bonds. The molecule has 1 fully saturated rings. The van der Waals surface area contributed by atoms with Crippen molar-refractivity contribution in [3.8, 4) is 5.88 Å². The molecule has 1 N–H and O–H groups in total. The summed E-state index contributed by atoms with van der Waals surface area (Å²) in [6.07, 6.45) is -2.46. The lowest BCUT2D eigenvalue weighted by Crippen LogP contribution is -2.47. The topological polar surface area (TPSA) is 76.0 Å². The van der Waals surface area contributed by atoms with Gasteiger partial charge in [-0.25, -0.2) is 4.98 Å². The number of hydrogen-bond acceptors (Lipinski definition) is 5. The van der Waals surface area contributed by atoms with Crippen LogP contribution in [0.3, 0.4) is 0 Å². The summed E-state index contributed by atoms with van der Waals surface area (Å²) >= 11 is 5.81. The van der Waals surface area contributed by atoms with E-state index in [0.29, 0.717) is 51.2 Å². The zero-order valence-corrected chi connectivity index (χ0v) is 19.8. The summed E-state index contributed by atoms with van der Waals surface area (Å²) in [5.74, 6) is 0.332. The lowest BCUT2D eigenvalue weighted by molar-refractivity contribution is -0.149. The molecule has 0 saturated carbocycles. The molecule has 1 saturated heterocycles. The fourth-order valence-corrected chi connectivity index (χ4v) is 3.14. The number of piperidine rings is 1. The van der Waals surface area contributed by atoms with Crippen LogP contribution in [0, 0.1) is 5.92 Å². The number of alkyl halides is 3. The SMILES string of the molecule is CCOC(=O)C1CCN(C(=NC)NCCOc2ncc(C(F)(F)F)cc2Cl)CC1.I. The van der Waals surface area contributed by atoms with Crippen molar-refractivity contribution in [2.24, 2.45) is 10.9 Å². The van der Waals surface area contributed by atoms with Crippen molar-refractivity contribution in [3.05, 3.63) is 22.8 Å². The molecule has 1 aromatic rings. The van der Waals surface area contributed by atoms with E-state index in [0.717, 1.165) is 6.07 Å². The van der Waals surface area contributed by atoms with E-state index in [4.69, 9.17) is 21.1 Å². The Balaban J connectivity index is 0.00000450. The number of aromatic nitrogens is 1. The van der Waals surface area contributed by atoms with E-state index in [1.807, 2.05) is 4.90 Å². The van der Waals surface area contributed by atoms with Crippen molar-refractivity contribution in [2.75, 3.05) is 39.9 Å². The second-order valence-electron chi connectivity index (χ2n) is 6.34. The summed E-state index contributed by atoms with van der Waals surface area (Å²) in [7, 11) is 1.65. The fourth-order valence-electron chi connectivity index (χ4n) is 2.92. The van der Waals surface area contributed by atoms with Crippen LogP contribution in [0.2, 0.25) is 5.02 Å². The molecule has 1 aliphatic heterocycles. The minimum atomic E-state index is -4.51. The second-order valence-corrected chi connectivity index (χ2v) is 6.75.